The summed E-state index contributed by atoms with van der Waals surface area (Å²) in [6.07, 6.45) is 21.5. The lowest BCUT2D eigenvalue weighted by molar-refractivity contribution is -0.126. The Bertz CT molecular complexity index is 809. The summed E-state index contributed by atoms with van der Waals surface area (Å²) in [4.78, 5) is 41.7. The first-order valence-corrected chi connectivity index (χ1v) is 15.9. The Balaban J connectivity index is 2.02. The molecule has 1 aromatic heterocycles. The van der Waals surface area contributed by atoms with Crippen molar-refractivity contribution in [1.29, 1.82) is 0 Å². The summed E-state index contributed by atoms with van der Waals surface area (Å²) >= 11 is 0. The minimum absolute atomic E-state index is 0.0120. The number of nitrogens with zero attached hydrogens (tertiary/aromatic N) is 2. The van der Waals surface area contributed by atoms with Crippen molar-refractivity contribution in [3.05, 3.63) is 30.1 Å². The molecule has 0 saturated carbocycles. The fourth-order valence-electron chi connectivity index (χ4n) is 4.57. The molecule has 9 heteroatoms. The number of carbonyl (C=O) groups excluding carboxylic acids is 3. The van der Waals surface area contributed by atoms with Crippen LogP contribution in [0.1, 0.15) is 122 Å². The molecule has 234 valence electrons. The molecule has 0 aromatic carbocycles. The van der Waals surface area contributed by atoms with E-state index in [1.807, 2.05) is 0 Å². The number of aromatic nitrogens is 1. The topological polar surface area (TPSA) is 110 Å². The van der Waals surface area contributed by atoms with Gasteiger partial charge in [0.25, 0.3) is 0 Å². The number of nitrogens with one attached hydrogen (secondary N) is 2. The fourth-order valence-corrected chi connectivity index (χ4v) is 4.57. The Morgan fingerprint density at radius 2 is 1.39 bits per heavy atom. The first-order valence-electron chi connectivity index (χ1n) is 15.9. The molecule has 0 aliphatic heterocycles. The maximum atomic E-state index is 12.5. The molecule has 0 spiro atoms. The highest BCUT2D eigenvalue weighted by molar-refractivity contribution is 5.93. The highest BCUT2D eigenvalue weighted by Crippen LogP contribution is 2.13. The van der Waals surface area contributed by atoms with Crippen molar-refractivity contribution in [2.75, 3.05) is 26.8 Å². The minimum Gasteiger partial charge on any atom is -0.447 e. The zero-order valence-corrected chi connectivity index (χ0v) is 26.0. The summed E-state index contributed by atoms with van der Waals surface area (Å²) in [5.41, 5.74) is 0.602. The van der Waals surface area contributed by atoms with E-state index < -0.39 is 24.1 Å². The van der Waals surface area contributed by atoms with E-state index in [9.17, 15) is 14.4 Å². The third kappa shape index (κ3) is 19.9. The molecule has 4 amide bonds. The van der Waals surface area contributed by atoms with Crippen molar-refractivity contribution in [3.8, 4) is 0 Å². The van der Waals surface area contributed by atoms with E-state index >= 15 is 0 Å². The van der Waals surface area contributed by atoms with E-state index in [2.05, 4.69) is 22.5 Å². The molecule has 9 nitrogen and oxygen atoms in total. The molecule has 2 N–H and O–H groups in total. The molecule has 0 bridgehead atoms. The van der Waals surface area contributed by atoms with Crippen LogP contribution in [0.2, 0.25) is 0 Å². The SMILES string of the molecule is CCCCCCCCCCCCCCCCCCNC(=O)OCC(CNC(=O)N(Cc1ccccn1)C(C)=O)OC. The van der Waals surface area contributed by atoms with Gasteiger partial charge in [-0.1, -0.05) is 109 Å². The maximum absolute atomic E-state index is 12.5. The fraction of sp³-hybridized carbons (Fsp3) is 0.750. The van der Waals surface area contributed by atoms with Crippen LogP contribution in [-0.2, 0) is 20.8 Å². The van der Waals surface area contributed by atoms with Gasteiger partial charge in [0.2, 0.25) is 5.91 Å². The number of imide groups is 1. The second-order valence-electron chi connectivity index (χ2n) is 10.8. The molecule has 1 rings (SSSR count). The Morgan fingerprint density at radius 1 is 0.829 bits per heavy atom. The van der Waals surface area contributed by atoms with Crippen molar-refractivity contribution in [1.82, 2.24) is 20.5 Å². The lowest BCUT2D eigenvalue weighted by atomic mass is 10.0. The van der Waals surface area contributed by atoms with Gasteiger partial charge in [0.1, 0.15) is 12.7 Å². The van der Waals surface area contributed by atoms with Crippen molar-refractivity contribution < 1.29 is 23.9 Å². The van der Waals surface area contributed by atoms with Crippen LogP contribution < -0.4 is 10.6 Å². The third-order valence-electron chi connectivity index (χ3n) is 7.19. The Morgan fingerprint density at radius 3 is 1.88 bits per heavy atom. The Labute approximate surface area is 248 Å². The van der Waals surface area contributed by atoms with Gasteiger partial charge < -0.3 is 20.1 Å². The molecule has 1 unspecified atom stereocenters. The first-order chi connectivity index (χ1) is 20.0. The number of alkyl carbamates (subject to hydrolysis) is 1. The van der Waals surface area contributed by atoms with Gasteiger partial charge in [0.05, 0.1) is 12.2 Å². The summed E-state index contributed by atoms with van der Waals surface area (Å²) < 4.78 is 10.6. The molecule has 0 radical (unpaired) electrons. The molecule has 0 saturated heterocycles. The highest BCUT2D eigenvalue weighted by atomic mass is 16.6. The van der Waals surface area contributed by atoms with E-state index in [0.29, 0.717) is 12.2 Å². The molecular weight excluding hydrogens is 520 g/mol. The van der Waals surface area contributed by atoms with Gasteiger partial charge in [0.15, 0.2) is 0 Å². The summed E-state index contributed by atoms with van der Waals surface area (Å²) in [5.74, 6) is -0.396. The highest BCUT2D eigenvalue weighted by Gasteiger charge is 2.20. The van der Waals surface area contributed by atoms with E-state index in [4.69, 9.17) is 9.47 Å². The first kappa shape index (κ1) is 36.3. The molecule has 1 atom stereocenters. The standard InChI is InChI=1S/C32H56N4O5/c1-4-5-6-7-8-9-10-11-12-13-14-15-16-17-18-20-24-34-32(39)41-27-30(40-3)25-35-31(38)36(28(2)37)26-29-22-19-21-23-33-29/h19,21-23,30H,4-18,20,24-27H2,1-3H3,(H,34,39)(H,35,38). The number of carbonyl (C=O) groups is 3. The molecule has 1 heterocycles. The molecule has 0 aliphatic carbocycles. The van der Waals surface area contributed by atoms with Crippen LogP contribution in [-0.4, -0.2) is 60.8 Å². The van der Waals surface area contributed by atoms with Gasteiger partial charge in [-0.25, -0.2) is 9.59 Å². The summed E-state index contributed by atoms with van der Waals surface area (Å²) in [7, 11) is 1.48. The van der Waals surface area contributed by atoms with Crippen molar-refractivity contribution in [2.45, 2.75) is 129 Å². The van der Waals surface area contributed by atoms with Crippen LogP contribution in [0, 0.1) is 0 Å². The maximum Gasteiger partial charge on any atom is 0.407 e. The number of unbranched alkanes of at least 4 members (excludes halogenated alkanes) is 15. The van der Waals surface area contributed by atoms with Crippen LogP contribution in [0.25, 0.3) is 0 Å². The number of hydrogen-bond donors (Lipinski definition) is 2. The normalized spacial score (nSPS) is 11.6. The lowest BCUT2D eigenvalue weighted by Gasteiger charge is -2.21. The molecular formula is C32H56N4O5. The number of hydrogen-bond acceptors (Lipinski definition) is 6. The lowest BCUT2D eigenvalue weighted by Crippen LogP contribution is -2.46. The van der Waals surface area contributed by atoms with Crippen molar-refractivity contribution >= 4 is 18.0 Å². The zero-order valence-electron chi connectivity index (χ0n) is 26.0. The third-order valence-corrected chi connectivity index (χ3v) is 7.19. The minimum atomic E-state index is -0.557. The number of methoxy groups -OCH3 is 1. The largest absolute Gasteiger partial charge is 0.447 e. The van der Waals surface area contributed by atoms with Crippen LogP contribution >= 0.6 is 0 Å². The van der Waals surface area contributed by atoms with E-state index in [1.54, 1.807) is 24.4 Å². The van der Waals surface area contributed by atoms with Crippen LogP contribution in [0.3, 0.4) is 0 Å². The number of urea groups is 1. The van der Waals surface area contributed by atoms with Crippen molar-refractivity contribution in [2.24, 2.45) is 0 Å². The predicted octanol–water partition coefficient (Wildman–Crippen LogP) is 7.14. The van der Waals surface area contributed by atoms with Gasteiger partial charge in [-0.3, -0.25) is 14.7 Å². The van der Waals surface area contributed by atoms with Gasteiger partial charge in [0, 0.05) is 33.3 Å². The second kappa shape index (κ2) is 25.1. The van der Waals surface area contributed by atoms with E-state index in [0.717, 1.165) is 17.7 Å². The van der Waals surface area contributed by atoms with Crippen LogP contribution in [0.15, 0.2) is 24.4 Å². The van der Waals surface area contributed by atoms with Gasteiger partial charge in [-0.2, -0.15) is 0 Å². The number of ether oxygens (including phenoxy) is 2. The number of pyridine rings is 1. The Kier molecular flexibility index (Phi) is 22.2. The summed E-state index contributed by atoms with van der Waals surface area (Å²) in [5, 5.41) is 5.44. The van der Waals surface area contributed by atoms with Gasteiger partial charge >= 0.3 is 12.1 Å². The second-order valence-corrected chi connectivity index (χ2v) is 10.8. The van der Waals surface area contributed by atoms with E-state index in [1.165, 1.54) is 104 Å². The molecule has 1 aromatic rings. The zero-order chi connectivity index (χ0) is 30.0. The van der Waals surface area contributed by atoms with Crippen LogP contribution in [0.4, 0.5) is 9.59 Å². The predicted molar refractivity (Wildman–Crippen MR) is 164 cm³/mol. The molecule has 0 aliphatic rings. The number of rotatable bonds is 24. The van der Waals surface area contributed by atoms with E-state index in [-0.39, 0.29) is 19.7 Å². The van der Waals surface area contributed by atoms with Gasteiger partial charge in [-0.05, 0) is 18.6 Å². The summed E-state index contributed by atoms with van der Waals surface area (Å²) in [6, 6.07) is 4.75. The van der Waals surface area contributed by atoms with Crippen LogP contribution in [0.5, 0.6) is 0 Å². The molecule has 0 fully saturated rings. The monoisotopic (exact) mass is 576 g/mol. The molecule has 41 heavy (non-hydrogen) atoms. The average Bonchev–Trinajstić information content (AvgIpc) is 2.97. The van der Waals surface area contributed by atoms with Crippen molar-refractivity contribution in [3.63, 3.8) is 0 Å². The van der Waals surface area contributed by atoms with Gasteiger partial charge in [-0.15, -0.1) is 0 Å². The smallest absolute Gasteiger partial charge is 0.407 e. The quantitative estimate of drug-likeness (QED) is 0.127. The average molecular weight is 577 g/mol. The number of amides is 4. The Hall–Kier alpha value is -2.68. The summed E-state index contributed by atoms with van der Waals surface area (Å²) in [6.45, 7) is 4.31.